The molecule has 0 saturated carbocycles. The van der Waals surface area contributed by atoms with Crippen LogP contribution in [0.1, 0.15) is 17.3 Å². The third kappa shape index (κ3) is 3.54. The first kappa shape index (κ1) is 16.1. The minimum atomic E-state index is -1.14. The van der Waals surface area contributed by atoms with E-state index < -0.39 is 17.9 Å². The second-order valence-electron chi connectivity index (χ2n) is 4.43. The Hall–Kier alpha value is -1.95. The molecule has 0 aliphatic rings. The Labute approximate surface area is 121 Å². The largest absolute Gasteiger partial charge is 0.496 e. The molecule has 2 N–H and O–H groups in total. The van der Waals surface area contributed by atoms with Gasteiger partial charge in [-0.15, -0.1) is 0 Å². The van der Waals surface area contributed by atoms with Gasteiger partial charge in [-0.1, -0.05) is 18.5 Å². The van der Waals surface area contributed by atoms with Gasteiger partial charge in [-0.3, -0.25) is 4.79 Å². The molecule has 0 aliphatic carbocycles. The van der Waals surface area contributed by atoms with Crippen LogP contribution in [0.5, 0.6) is 5.75 Å². The molecule has 1 atom stereocenters. The first-order valence-electron chi connectivity index (χ1n) is 5.82. The van der Waals surface area contributed by atoms with Crippen LogP contribution in [0.15, 0.2) is 12.1 Å². The van der Waals surface area contributed by atoms with Crippen molar-refractivity contribution in [3.8, 4) is 5.75 Å². The Bertz CT molecular complexity index is 532. The summed E-state index contributed by atoms with van der Waals surface area (Å²) in [6.07, 6.45) is 0. The minimum absolute atomic E-state index is 0.0408. The van der Waals surface area contributed by atoms with Crippen LogP contribution in [-0.4, -0.2) is 42.9 Å². The van der Waals surface area contributed by atoms with E-state index in [4.69, 9.17) is 26.6 Å². The summed E-state index contributed by atoms with van der Waals surface area (Å²) in [5.74, 6) is -2.47. The van der Waals surface area contributed by atoms with E-state index >= 15 is 0 Å². The molecule has 1 aromatic carbocycles. The number of aromatic carboxylic acids is 1. The van der Waals surface area contributed by atoms with Crippen LogP contribution in [0.2, 0.25) is 5.02 Å². The highest BCUT2D eigenvalue weighted by Gasteiger charge is 2.19. The molecule has 0 radical (unpaired) electrons. The van der Waals surface area contributed by atoms with E-state index in [-0.39, 0.29) is 22.9 Å². The third-order valence-corrected chi connectivity index (χ3v) is 3.18. The van der Waals surface area contributed by atoms with Gasteiger partial charge in [-0.05, 0) is 6.07 Å². The minimum Gasteiger partial charge on any atom is -0.496 e. The SMILES string of the molecule is COc1cc(N(C)CC(C)C(=O)O)c(Cl)cc1C(=O)O. The smallest absolute Gasteiger partial charge is 0.339 e. The lowest BCUT2D eigenvalue weighted by Gasteiger charge is -2.23. The number of methoxy groups -OCH3 is 1. The number of nitrogens with zero attached hydrogens (tertiary/aromatic N) is 1. The van der Waals surface area contributed by atoms with Crippen LogP contribution >= 0.6 is 11.6 Å². The van der Waals surface area contributed by atoms with E-state index in [1.165, 1.54) is 19.2 Å². The normalized spacial score (nSPS) is 11.8. The Balaban J connectivity index is 3.12. The highest BCUT2D eigenvalue weighted by Crippen LogP contribution is 2.33. The summed E-state index contributed by atoms with van der Waals surface area (Å²) >= 11 is 6.05. The van der Waals surface area contributed by atoms with Crippen molar-refractivity contribution in [3.05, 3.63) is 22.7 Å². The van der Waals surface area contributed by atoms with Gasteiger partial charge in [0.1, 0.15) is 11.3 Å². The predicted octanol–water partition coefficient (Wildman–Crippen LogP) is 2.20. The van der Waals surface area contributed by atoms with Gasteiger partial charge in [0.05, 0.1) is 23.7 Å². The molecule has 0 spiro atoms. The van der Waals surface area contributed by atoms with E-state index in [0.717, 1.165) is 0 Å². The fourth-order valence-corrected chi connectivity index (χ4v) is 2.07. The number of carbonyl (C=O) groups is 2. The van der Waals surface area contributed by atoms with Gasteiger partial charge in [-0.2, -0.15) is 0 Å². The fraction of sp³-hybridized carbons (Fsp3) is 0.385. The molecule has 20 heavy (non-hydrogen) atoms. The second kappa shape index (κ2) is 6.47. The molecule has 0 heterocycles. The molecule has 0 amide bonds. The van der Waals surface area contributed by atoms with E-state index in [2.05, 4.69) is 0 Å². The maximum absolute atomic E-state index is 11.1. The lowest BCUT2D eigenvalue weighted by Crippen LogP contribution is -2.28. The number of rotatable bonds is 6. The molecule has 6 nitrogen and oxygen atoms in total. The van der Waals surface area contributed by atoms with Gasteiger partial charge >= 0.3 is 11.9 Å². The van der Waals surface area contributed by atoms with Crippen LogP contribution in [0.3, 0.4) is 0 Å². The van der Waals surface area contributed by atoms with Gasteiger partial charge in [-0.25, -0.2) is 4.79 Å². The molecular weight excluding hydrogens is 286 g/mol. The number of anilines is 1. The summed E-state index contributed by atoms with van der Waals surface area (Å²) in [7, 11) is 3.04. The van der Waals surface area contributed by atoms with Crippen molar-refractivity contribution in [1.29, 1.82) is 0 Å². The Morgan fingerprint density at radius 2 is 2.00 bits per heavy atom. The predicted molar refractivity (Wildman–Crippen MR) is 75.0 cm³/mol. The number of aliphatic carboxylic acids is 1. The Morgan fingerprint density at radius 3 is 2.45 bits per heavy atom. The van der Waals surface area contributed by atoms with Crippen LogP contribution in [-0.2, 0) is 4.79 Å². The van der Waals surface area contributed by atoms with Gasteiger partial charge in [0, 0.05) is 19.7 Å². The molecule has 0 bridgehead atoms. The van der Waals surface area contributed by atoms with Crippen LogP contribution in [0.25, 0.3) is 0 Å². The van der Waals surface area contributed by atoms with Crippen molar-refractivity contribution in [2.45, 2.75) is 6.92 Å². The van der Waals surface area contributed by atoms with E-state index in [9.17, 15) is 9.59 Å². The van der Waals surface area contributed by atoms with Gasteiger partial charge in [0.15, 0.2) is 0 Å². The molecular formula is C13H16ClNO5. The lowest BCUT2D eigenvalue weighted by molar-refractivity contribution is -0.140. The third-order valence-electron chi connectivity index (χ3n) is 2.88. The molecule has 0 saturated heterocycles. The van der Waals surface area contributed by atoms with E-state index in [0.29, 0.717) is 5.69 Å². The number of hydrogen-bond donors (Lipinski definition) is 2. The highest BCUT2D eigenvalue weighted by molar-refractivity contribution is 6.33. The van der Waals surface area contributed by atoms with Crippen molar-refractivity contribution < 1.29 is 24.5 Å². The van der Waals surface area contributed by atoms with Gasteiger partial charge in [0.25, 0.3) is 0 Å². The topological polar surface area (TPSA) is 87.1 Å². The molecule has 110 valence electrons. The molecule has 1 rings (SSSR count). The first-order chi connectivity index (χ1) is 9.27. The number of benzene rings is 1. The number of hydrogen-bond acceptors (Lipinski definition) is 4. The molecule has 7 heteroatoms. The quantitative estimate of drug-likeness (QED) is 0.837. The summed E-state index contributed by atoms with van der Waals surface area (Å²) in [5, 5.41) is 18.2. The summed E-state index contributed by atoms with van der Waals surface area (Å²) in [6.45, 7) is 1.82. The maximum atomic E-state index is 11.1. The van der Waals surface area contributed by atoms with Crippen LogP contribution in [0, 0.1) is 5.92 Å². The van der Waals surface area contributed by atoms with Crippen LogP contribution < -0.4 is 9.64 Å². The van der Waals surface area contributed by atoms with Crippen molar-refractivity contribution >= 4 is 29.2 Å². The molecule has 1 aromatic rings. The standard InChI is InChI=1S/C13H16ClNO5/c1-7(12(16)17)6-15(2)10-5-11(20-3)8(13(18)19)4-9(10)14/h4-5,7H,6H2,1-3H3,(H,16,17)(H,18,19). The van der Waals surface area contributed by atoms with Crippen LogP contribution in [0.4, 0.5) is 5.69 Å². The summed E-state index contributed by atoms with van der Waals surface area (Å²) in [4.78, 5) is 23.6. The van der Waals surface area contributed by atoms with Crippen molar-refractivity contribution in [1.82, 2.24) is 0 Å². The number of halogens is 1. The summed E-state index contributed by atoms with van der Waals surface area (Å²) < 4.78 is 5.02. The first-order valence-corrected chi connectivity index (χ1v) is 6.20. The second-order valence-corrected chi connectivity index (χ2v) is 4.84. The zero-order valence-electron chi connectivity index (χ0n) is 11.4. The molecule has 0 fully saturated rings. The Kier molecular flexibility index (Phi) is 5.21. The zero-order chi connectivity index (χ0) is 15.4. The van der Waals surface area contributed by atoms with Gasteiger partial charge in [0.2, 0.25) is 0 Å². The summed E-state index contributed by atoms with van der Waals surface area (Å²) in [5.41, 5.74) is 0.475. The van der Waals surface area contributed by atoms with E-state index in [1.807, 2.05) is 0 Å². The highest BCUT2D eigenvalue weighted by atomic mass is 35.5. The lowest BCUT2D eigenvalue weighted by atomic mass is 10.1. The van der Waals surface area contributed by atoms with E-state index in [1.54, 1.807) is 18.9 Å². The zero-order valence-corrected chi connectivity index (χ0v) is 12.1. The molecule has 0 aromatic heterocycles. The summed E-state index contributed by atoms with van der Waals surface area (Å²) in [6, 6.07) is 2.78. The maximum Gasteiger partial charge on any atom is 0.339 e. The Morgan fingerprint density at radius 1 is 1.40 bits per heavy atom. The average Bonchev–Trinajstić information content (AvgIpc) is 2.37. The fourth-order valence-electron chi connectivity index (χ4n) is 1.76. The average molecular weight is 302 g/mol. The molecule has 1 unspecified atom stereocenters. The monoisotopic (exact) mass is 301 g/mol. The number of carboxylic acid groups (broad SMARTS) is 2. The van der Waals surface area contributed by atoms with Gasteiger partial charge < -0.3 is 19.8 Å². The molecule has 0 aliphatic heterocycles. The number of carboxylic acids is 2. The van der Waals surface area contributed by atoms with Crippen molar-refractivity contribution in [2.24, 2.45) is 5.92 Å². The number of ether oxygens (including phenoxy) is 1. The van der Waals surface area contributed by atoms with Crippen molar-refractivity contribution in [2.75, 3.05) is 25.6 Å². The van der Waals surface area contributed by atoms with Crippen molar-refractivity contribution in [3.63, 3.8) is 0 Å².